The number of benzene rings is 2. The van der Waals surface area contributed by atoms with Gasteiger partial charge in [0.2, 0.25) is 0 Å². The number of hydrogen-bond donors (Lipinski definition) is 0. The Morgan fingerprint density at radius 3 is 2.75 bits per heavy atom. The molecule has 0 bridgehead atoms. The van der Waals surface area contributed by atoms with E-state index in [2.05, 4.69) is 15.9 Å². The molecule has 6 heteroatoms. The normalized spacial score (nSPS) is 13.8. The van der Waals surface area contributed by atoms with Crippen LogP contribution in [0.15, 0.2) is 58.0 Å². The maximum absolute atomic E-state index is 11.8. The molecular weight excluding hydrogens is 388 g/mol. The summed E-state index contributed by atoms with van der Waals surface area (Å²) in [5.41, 5.74) is 3.66. The smallest absolute Gasteiger partial charge is 0.325 e. The Morgan fingerprint density at radius 1 is 1.29 bits per heavy atom. The molecule has 0 aromatic heterocycles. The summed E-state index contributed by atoms with van der Waals surface area (Å²) in [5, 5.41) is 0. The van der Waals surface area contributed by atoms with Crippen molar-refractivity contribution in [3.05, 3.63) is 64.1 Å². The number of ether oxygens (including phenoxy) is 1. The van der Waals surface area contributed by atoms with Crippen LogP contribution in [-0.4, -0.2) is 36.9 Å². The average Bonchev–Trinajstić information content (AvgIpc) is 2.73. The molecule has 0 radical (unpaired) electrons. The van der Waals surface area contributed by atoms with Crippen LogP contribution in [0.5, 0.6) is 0 Å². The number of nitrogens with zero attached hydrogens (tertiary/aromatic N) is 2. The van der Waals surface area contributed by atoms with Gasteiger partial charge < -0.3 is 9.64 Å². The number of esters is 1. The molecule has 0 saturated heterocycles. The zero-order valence-electron chi connectivity index (χ0n) is 13.0. The van der Waals surface area contributed by atoms with Gasteiger partial charge in [0.15, 0.2) is 0 Å². The summed E-state index contributed by atoms with van der Waals surface area (Å²) >= 11 is 9.01. The molecule has 24 heavy (non-hydrogen) atoms. The molecule has 0 spiro atoms. The molecule has 1 heterocycles. The van der Waals surface area contributed by atoms with E-state index in [9.17, 15) is 4.79 Å². The maximum atomic E-state index is 11.8. The van der Waals surface area contributed by atoms with Crippen LogP contribution in [0.25, 0.3) is 0 Å². The molecule has 0 aliphatic carbocycles. The SMILES string of the molecule is COC(=O)CN1C(=S)CN=C(c2ccccc2)c2cc(Br)ccc21. The number of hydrogen-bond acceptors (Lipinski definition) is 4. The number of fused-ring (bicyclic) bond motifs is 1. The predicted octanol–water partition coefficient (Wildman–Crippen LogP) is 3.61. The highest BCUT2D eigenvalue weighted by atomic mass is 79.9. The molecule has 0 saturated carbocycles. The van der Waals surface area contributed by atoms with Crippen LogP contribution in [-0.2, 0) is 9.53 Å². The molecule has 0 N–H and O–H groups in total. The lowest BCUT2D eigenvalue weighted by Crippen LogP contribution is -2.36. The molecule has 122 valence electrons. The fourth-order valence-electron chi connectivity index (χ4n) is 2.59. The average molecular weight is 403 g/mol. The number of thiocarbonyl (C=S) groups is 1. The minimum absolute atomic E-state index is 0.0710. The predicted molar refractivity (Wildman–Crippen MR) is 103 cm³/mol. The number of rotatable bonds is 3. The highest BCUT2D eigenvalue weighted by molar-refractivity contribution is 9.10. The Bertz CT molecular complexity index is 821. The Kier molecular flexibility index (Phi) is 5.06. The van der Waals surface area contributed by atoms with Gasteiger partial charge in [0.05, 0.1) is 25.1 Å². The summed E-state index contributed by atoms with van der Waals surface area (Å²) in [6.45, 7) is 0.421. The van der Waals surface area contributed by atoms with Gasteiger partial charge >= 0.3 is 5.97 Å². The lowest BCUT2D eigenvalue weighted by molar-refractivity contribution is -0.138. The molecule has 0 atom stereocenters. The third-order valence-corrected chi connectivity index (χ3v) is 4.58. The van der Waals surface area contributed by atoms with Crippen molar-refractivity contribution in [2.24, 2.45) is 4.99 Å². The van der Waals surface area contributed by atoms with E-state index in [1.54, 1.807) is 4.90 Å². The Hall–Kier alpha value is -2.05. The van der Waals surface area contributed by atoms with Gasteiger partial charge in [-0.2, -0.15) is 0 Å². The minimum Gasteiger partial charge on any atom is -0.468 e. The van der Waals surface area contributed by atoms with Crippen molar-refractivity contribution in [3.63, 3.8) is 0 Å². The van der Waals surface area contributed by atoms with Gasteiger partial charge in [-0.25, -0.2) is 0 Å². The number of carbonyl (C=O) groups excluding carboxylic acids is 1. The second kappa shape index (κ2) is 7.23. The molecule has 3 rings (SSSR count). The minimum atomic E-state index is -0.339. The van der Waals surface area contributed by atoms with Crippen LogP contribution in [0.2, 0.25) is 0 Å². The van der Waals surface area contributed by atoms with Crippen LogP contribution in [0.3, 0.4) is 0 Å². The van der Waals surface area contributed by atoms with Crippen LogP contribution in [0.4, 0.5) is 5.69 Å². The van der Waals surface area contributed by atoms with Crippen LogP contribution < -0.4 is 4.90 Å². The van der Waals surface area contributed by atoms with Gasteiger partial charge in [0.25, 0.3) is 0 Å². The number of anilines is 1. The molecule has 2 aromatic carbocycles. The van der Waals surface area contributed by atoms with Gasteiger partial charge in [-0.3, -0.25) is 9.79 Å². The van der Waals surface area contributed by atoms with Crippen molar-refractivity contribution in [1.82, 2.24) is 0 Å². The topological polar surface area (TPSA) is 41.9 Å². The van der Waals surface area contributed by atoms with E-state index in [-0.39, 0.29) is 12.5 Å². The third kappa shape index (κ3) is 3.39. The summed E-state index contributed by atoms with van der Waals surface area (Å²) in [4.78, 5) is 18.9. The fraction of sp³-hybridized carbons (Fsp3) is 0.167. The number of carbonyl (C=O) groups is 1. The summed E-state index contributed by atoms with van der Waals surface area (Å²) < 4.78 is 5.75. The van der Waals surface area contributed by atoms with E-state index in [1.807, 2.05) is 48.5 Å². The number of methoxy groups -OCH3 is 1. The molecule has 0 amide bonds. The Balaban J connectivity index is 2.14. The van der Waals surface area contributed by atoms with Crippen LogP contribution >= 0.6 is 28.1 Å². The number of halogens is 1. The second-order valence-electron chi connectivity index (χ2n) is 5.25. The van der Waals surface area contributed by atoms with E-state index in [4.69, 9.17) is 21.9 Å². The quantitative estimate of drug-likeness (QED) is 0.580. The zero-order valence-corrected chi connectivity index (χ0v) is 15.4. The largest absolute Gasteiger partial charge is 0.468 e. The highest BCUT2D eigenvalue weighted by Gasteiger charge is 2.25. The lowest BCUT2D eigenvalue weighted by Gasteiger charge is -2.24. The monoisotopic (exact) mass is 402 g/mol. The number of benzodiazepines with no additional fused rings is 1. The maximum Gasteiger partial charge on any atom is 0.325 e. The van der Waals surface area contributed by atoms with Crippen molar-refractivity contribution in [2.75, 3.05) is 25.1 Å². The van der Waals surface area contributed by atoms with Crippen molar-refractivity contribution >= 4 is 50.5 Å². The van der Waals surface area contributed by atoms with Crippen molar-refractivity contribution in [1.29, 1.82) is 0 Å². The summed E-state index contributed by atoms with van der Waals surface area (Å²) in [7, 11) is 1.37. The molecule has 1 aliphatic rings. The molecule has 0 fully saturated rings. The Labute approximate surface area is 154 Å². The van der Waals surface area contributed by atoms with Crippen molar-refractivity contribution in [2.45, 2.75) is 0 Å². The second-order valence-corrected chi connectivity index (χ2v) is 6.64. The van der Waals surface area contributed by atoms with E-state index < -0.39 is 0 Å². The van der Waals surface area contributed by atoms with Gasteiger partial charge in [-0.1, -0.05) is 58.5 Å². The summed E-state index contributed by atoms with van der Waals surface area (Å²) in [5.74, 6) is -0.339. The van der Waals surface area contributed by atoms with Gasteiger partial charge in [-0.15, -0.1) is 0 Å². The van der Waals surface area contributed by atoms with Crippen molar-refractivity contribution < 1.29 is 9.53 Å². The summed E-state index contributed by atoms with van der Waals surface area (Å²) in [6.07, 6.45) is 0. The lowest BCUT2D eigenvalue weighted by atomic mass is 10.0. The summed E-state index contributed by atoms with van der Waals surface area (Å²) in [6, 6.07) is 15.8. The zero-order chi connectivity index (χ0) is 17.1. The Morgan fingerprint density at radius 2 is 2.04 bits per heavy atom. The van der Waals surface area contributed by atoms with Crippen LogP contribution in [0.1, 0.15) is 11.1 Å². The van der Waals surface area contributed by atoms with E-state index in [0.29, 0.717) is 11.5 Å². The molecule has 0 unspecified atom stereocenters. The molecule has 4 nitrogen and oxygen atoms in total. The molecule has 1 aliphatic heterocycles. The molecular formula is C18H15BrN2O2S. The first-order chi connectivity index (χ1) is 11.6. The first kappa shape index (κ1) is 16.8. The first-order valence-electron chi connectivity index (χ1n) is 7.37. The van der Waals surface area contributed by atoms with E-state index >= 15 is 0 Å². The van der Waals surface area contributed by atoms with Gasteiger partial charge in [0, 0.05) is 15.6 Å². The van der Waals surface area contributed by atoms with Crippen molar-refractivity contribution in [3.8, 4) is 0 Å². The first-order valence-corrected chi connectivity index (χ1v) is 8.57. The van der Waals surface area contributed by atoms with E-state index in [1.165, 1.54) is 7.11 Å². The highest BCUT2D eigenvalue weighted by Crippen LogP contribution is 2.30. The molecule has 2 aromatic rings. The van der Waals surface area contributed by atoms with Gasteiger partial charge in [0.1, 0.15) is 11.5 Å². The van der Waals surface area contributed by atoms with Crippen LogP contribution in [0, 0.1) is 0 Å². The third-order valence-electron chi connectivity index (χ3n) is 3.74. The van der Waals surface area contributed by atoms with Gasteiger partial charge in [-0.05, 0) is 18.2 Å². The number of aliphatic imine (C=N–C) groups is 1. The fourth-order valence-corrected chi connectivity index (χ4v) is 3.18. The van der Waals surface area contributed by atoms with E-state index in [0.717, 1.165) is 27.0 Å². The standard InChI is InChI=1S/C18H15BrN2O2S/c1-23-17(22)11-21-15-8-7-13(19)9-14(15)18(20-10-16(21)24)12-5-3-2-4-6-12/h2-9H,10-11H2,1H3.